The molecule has 1 aliphatic heterocycles. The van der Waals surface area contributed by atoms with Crippen molar-refractivity contribution in [3.05, 3.63) is 64.9 Å². The van der Waals surface area contributed by atoms with E-state index < -0.39 is 42.6 Å². The Morgan fingerprint density at radius 1 is 1.09 bits per heavy atom. The van der Waals surface area contributed by atoms with Crippen LogP contribution in [0.2, 0.25) is 0 Å². The van der Waals surface area contributed by atoms with Gasteiger partial charge < -0.3 is 15.0 Å². The third-order valence-electron chi connectivity index (χ3n) is 5.90. The van der Waals surface area contributed by atoms with Gasteiger partial charge in [0.1, 0.15) is 12.4 Å². The third-order valence-corrected chi connectivity index (χ3v) is 5.90. The van der Waals surface area contributed by atoms with E-state index in [-0.39, 0.29) is 18.9 Å². The van der Waals surface area contributed by atoms with E-state index in [1.165, 1.54) is 0 Å². The molecule has 4 nitrogen and oxygen atoms in total. The molecule has 0 saturated carbocycles. The normalized spacial score (nSPS) is 16.7. The molecule has 1 atom stereocenters. The van der Waals surface area contributed by atoms with Gasteiger partial charge in [0.15, 0.2) is 11.6 Å². The van der Waals surface area contributed by atoms with Crippen molar-refractivity contribution in [3.63, 3.8) is 0 Å². The summed E-state index contributed by atoms with van der Waals surface area (Å²) in [5.41, 5.74) is 1.30. The highest BCUT2D eigenvalue weighted by molar-refractivity contribution is 5.85. The first-order valence-corrected chi connectivity index (χ1v) is 11.1. The van der Waals surface area contributed by atoms with E-state index in [9.17, 15) is 17.6 Å². The molecular formula is C24H25F6N3O. The fraction of sp³-hybridized carbons (Fsp3) is 0.417. The standard InChI is InChI=1S/C24H25F6N3O/c25-9-3-10-31-11-13-34-19-7-6-17(26)20(21(19)27)23-22-16(8-12-33(23)14-24(28,29)30)15-4-1-2-5-18(15)32-22/h1-2,4-7,23,31-32H,3,8-14H2/t23-/m1/s1. The number of hydrogen-bond donors (Lipinski definition) is 2. The molecule has 2 N–H and O–H groups in total. The first kappa shape index (κ1) is 24.4. The van der Waals surface area contributed by atoms with E-state index >= 15 is 8.78 Å². The van der Waals surface area contributed by atoms with Crippen molar-refractivity contribution in [2.45, 2.75) is 25.1 Å². The van der Waals surface area contributed by atoms with Crippen LogP contribution in [0.5, 0.6) is 5.75 Å². The second kappa shape index (κ2) is 10.3. The number of halogens is 6. The number of rotatable bonds is 9. The van der Waals surface area contributed by atoms with Crippen molar-refractivity contribution in [1.82, 2.24) is 15.2 Å². The second-order valence-electron chi connectivity index (χ2n) is 8.22. The summed E-state index contributed by atoms with van der Waals surface area (Å²) in [4.78, 5) is 4.15. The van der Waals surface area contributed by atoms with E-state index in [1.54, 1.807) is 12.1 Å². The number of ether oxygens (including phenoxy) is 1. The van der Waals surface area contributed by atoms with Gasteiger partial charge in [0, 0.05) is 29.7 Å². The Morgan fingerprint density at radius 3 is 2.65 bits per heavy atom. The Morgan fingerprint density at radius 2 is 1.88 bits per heavy atom. The molecule has 0 unspecified atom stereocenters. The highest BCUT2D eigenvalue weighted by atomic mass is 19.4. The number of para-hydroxylation sites is 1. The van der Waals surface area contributed by atoms with E-state index in [0.29, 0.717) is 37.1 Å². The molecule has 3 aromatic rings. The summed E-state index contributed by atoms with van der Waals surface area (Å²) in [6, 6.07) is 8.04. The average Bonchev–Trinajstić information content (AvgIpc) is 3.16. The van der Waals surface area contributed by atoms with Crippen molar-refractivity contribution >= 4 is 10.9 Å². The highest BCUT2D eigenvalue weighted by Crippen LogP contribution is 2.42. The molecule has 0 aliphatic carbocycles. The first-order valence-electron chi connectivity index (χ1n) is 11.1. The molecule has 2 aromatic carbocycles. The molecule has 184 valence electrons. The molecule has 2 heterocycles. The number of hydrogen-bond acceptors (Lipinski definition) is 3. The molecule has 4 rings (SSSR count). The predicted molar refractivity (Wildman–Crippen MR) is 117 cm³/mol. The number of fused-ring (bicyclic) bond motifs is 3. The minimum absolute atomic E-state index is 0.0124. The van der Waals surface area contributed by atoms with Crippen LogP contribution in [0.3, 0.4) is 0 Å². The zero-order valence-corrected chi connectivity index (χ0v) is 18.3. The first-order chi connectivity index (χ1) is 16.3. The van der Waals surface area contributed by atoms with Gasteiger partial charge in [-0.15, -0.1) is 0 Å². The quantitative estimate of drug-likeness (QED) is 0.320. The van der Waals surface area contributed by atoms with Crippen LogP contribution in [0.4, 0.5) is 26.3 Å². The van der Waals surface area contributed by atoms with Gasteiger partial charge in [0.05, 0.1) is 24.8 Å². The summed E-state index contributed by atoms with van der Waals surface area (Å²) in [5.74, 6) is -2.24. The lowest BCUT2D eigenvalue weighted by molar-refractivity contribution is -0.150. The Bertz CT molecular complexity index is 1130. The molecule has 0 amide bonds. The molecule has 0 spiro atoms. The lowest BCUT2D eigenvalue weighted by Gasteiger charge is -2.36. The van der Waals surface area contributed by atoms with Crippen molar-refractivity contribution in [2.75, 3.05) is 39.5 Å². The second-order valence-corrected chi connectivity index (χ2v) is 8.22. The summed E-state index contributed by atoms with van der Waals surface area (Å²) in [6.07, 6.45) is -3.90. The van der Waals surface area contributed by atoms with Gasteiger partial charge in [-0.2, -0.15) is 13.2 Å². The summed E-state index contributed by atoms with van der Waals surface area (Å²) in [7, 11) is 0. The zero-order chi connectivity index (χ0) is 24.3. The topological polar surface area (TPSA) is 40.3 Å². The van der Waals surface area contributed by atoms with Crippen LogP contribution in [0.25, 0.3) is 10.9 Å². The van der Waals surface area contributed by atoms with Crippen LogP contribution in [0.1, 0.15) is 29.3 Å². The average molecular weight is 485 g/mol. The largest absolute Gasteiger partial charge is 0.489 e. The van der Waals surface area contributed by atoms with Crippen LogP contribution in [-0.4, -0.2) is 55.5 Å². The van der Waals surface area contributed by atoms with Crippen molar-refractivity contribution in [3.8, 4) is 5.75 Å². The van der Waals surface area contributed by atoms with Gasteiger partial charge in [-0.3, -0.25) is 9.29 Å². The number of H-pyrrole nitrogens is 1. The maximum atomic E-state index is 15.5. The number of alkyl halides is 4. The predicted octanol–water partition coefficient (Wildman–Crippen LogP) is 5.28. The number of aromatic nitrogens is 1. The van der Waals surface area contributed by atoms with E-state index in [4.69, 9.17) is 4.74 Å². The minimum Gasteiger partial charge on any atom is -0.489 e. The van der Waals surface area contributed by atoms with E-state index in [0.717, 1.165) is 28.0 Å². The summed E-state index contributed by atoms with van der Waals surface area (Å²) in [6.45, 7) is -1.02. The number of aromatic amines is 1. The van der Waals surface area contributed by atoms with Gasteiger partial charge >= 0.3 is 6.18 Å². The van der Waals surface area contributed by atoms with Gasteiger partial charge in [0.2, 0.25) is 0 Å². The number of nitrogens with zero attached hydrogens (tertiary/aromatic N) is 1. The Hall–Kier alpha value is -2.72. The molecule has 34 heavy (non-hydrogen) atoms. The molecule has 10 heteroatoms. The smallest absolute Gasteiger partial charge is 0.401 e. The molecule has 0 fully saturated rings. The molecular weight excluding hydrogens is 460 g/mol. The van der Waals surface area contributed by atoms with Gasteiger partial charge in [-0.25, -0.2) is 8.78 Å². The minimum atomic E-state index is -4.55. The third kappa shape index (κ3) is 5.17. The van der Waals surface area contributed by atoms with Crippen molar-refractivity contribution < 1.29 is 31.1 Å². The maximum Gasteiger partial charge on any atom is 0.401 e. The summed E-state index contributed by atoms with van der Waals surface area (Å²) >= 11 is 0. The van der Waals surface area contributed by atoms with Crippen molar-refractivity contribution in [2.24, 2.45) is 0 Å². The molecule has 0 saturated heterocycles. The van der Waals surface area contributed by atoms with Crippen LogP contribution in [0, 0.1) is 11.6 Å². The molecule has 1 aromatic heterocycles. The van der Waals surface area contributed by atoms with Gasteiger partial charge in [-0.1, -0.05) is 18.2 Å². The molecule has 1 aliphatic rings. The Balaban J connectivity index is 1.71. The van der Waals surface area contributed by atoms with Crippen LogP contribution < -0.4 is 10.1 Å². The number of nitrogens with one attached hydrogen (secondary N) is 2. The summed E-state index contributed by atoms with van der Waals surface area (Å²) < 4.78 is 88.3. The van der Waals surface area contributed by atoms with Gasteiger partial charge in [-0.05, 0) is 43.1 Å². The monoisotopic (exact) mass is 485 g/mol. The van der Waals surface area contributed by atoms with Crippen LogP contribution >= 0.6 is 0 Å². The SMILES string of the molecule is FCCCNCCOc1ccc(F)c([C@@H]2c3[nH]c4ccccc4c3CCN2CC(F)(F)F)c1F. The Kier molecular flexibility index (Phi) is 7.37. The lowest BCUT2D eigenvalue weighted by atomic mass is 9.91. The summed E-state index contributed by atoms with van der Waals surface area (Å²) in [5, 5.41) is 3.75. The van der Waals surface area contributed by atoms with Gasteiger partial charge in [0.25, 0.3) is 0 Å². The van der Waals surface area contributed by atoms with Crippen LogP contribution in [0.15, 0.2) is 36.4 Å². The zero-order valence-electron chi connectivity index (χ0n) is 18.3. The fourth-order valence-corrected chi connectivity index (χ4v) is 4.48. The van der Waals surface area contributed by atoms with E-state index in [2.05, 4.69) is 10.3 Å². The molecule has 0 radical (unpaired) electrons. The fourth-order valence-electron chi connectivity index (χ4n) is 4.48. The van der Waals surface area contributed by atoms with Crippen LogP contribution in [-0.2, 0) is 6.42 Å². The Labute approximate surface area is 192 Å². The number of benzene rings is 2. The van der Waals surface area contributed by atoms with Crippen molar-refractivity contribution in [1.29, 1.82) is 0 Å². The lowest BCUT2D eigenvalue weighted by Crippen LogP contribution is -2.42. The maximum absolute atomic E-state index is 15.5. The van der Waals surface area contributed by atoms with E-state index in [1.807, 2.05) is 12.1 Å². The molecule has 0 bridgehead atoms. The highest BCUT2D eigenvalue weighted by Gasteiger charge is 2.41.